The third kappa shape index (κ3) is 4.26. The number of rotatable bonds is 5. The first-order chi connectivity index (χ1) is 12.4. The molecule has 0 aromatic carbocycles. The van der Waals surface area contributed by atoms with Crippen molar-refractivity contribution in [3.8, 4) is 6.07 Å². The molecule has 0 saturated carbocycles. The van der Waals surface area contributed by atoms with Gasteiger partial charge in [-0.3, -0.25) is 0 Å². The van der Waals surface area contributed by atoms with E-state index in [2.05, 4.69) is 29.0 Å². The zero-order valence-electron chi connectivity index (χ0n) is 15.0. The summed E-state index contributed by atoms with van der Waals surface area (Å²) in [4.78, 5) is 1.80. The largest absolute Gasteiger partial charge is 0.381 e. The molecular weight excluding hydrogens is 368 g/mol. The third-order valence-corrected chi connectivity index (χ3v) is 7.93. The number of thiophene rings is 1. The van der Waals surface area contributed by atoms with Crippen molar-refractivity contribution >= 4 is 26.9 Å². The first-order valence-electron chi connectivity index (χ1n) is 8.88. The molecule has 2 heterocycles. The summed E-state index contributed by atoms with van der Waals surface area (Å²) in [5.41, 5.74) is 1.13. The lowest BCUT2D eigenvalue weighted by Crippen LogP contribution is -2.49. The second kappa shape index (κ2) is 8.05. The van der Waals surface area contributed by atoms with Crippen LogP contribution in [0.5, 0.6) is 0 Å². The van der Waals surface area contributed by atoms with Crippen LogP contribution in [0.1, 0.15) is 36.4 Å². The minimum absolute atomic E-state index is 0.0901. The molecule has 0 bridgehead atoms. The molecule has 0 radical (unpaired) electrons. The average Bonchev–Trinajstić information content (AvgIpc) is 3.11. The fourth-order valence-electron chi connectivity index (χ4n) is 3.37. The summed E-state index contributed by atoms with van der Waals surface area (Å²) in [6.07, 6.45) is 7.98. The molecule has 3 rings (SSSR count). The van der Waals surface area contributed by atoms with Crippen LogP contribution in [-0.2, 0) is 14.8 Å². The van der Waals surface area contributed by atoms with E-state index < -0.39 is 15.3 Å². The summed E-state index contributed by atoms with van der Waals surface area (Å²) in [5.74, 6) is 0.374. The molecule has 5 nitrogen and oxygen atoms in total. The number of ether oxygens (including phenoxy) is 1. The van der Waals surface area contributed by atoms with Gasteiger partial charge in [-0.25, -0.2) is 13.1 Å². The maximum atomic E-state index is 12.3. The van der Waals surface area contributed by atoms with E-state index in [9.17, 15) is 8.42 Å². The third-order valence-electron chi connectivity index (χ3n) is 5.02. The molecule has 1 N–H and O–H groups in total. The number of hydrogen-bond donors (Lipinski definition) is 1. The highest BCUT2D eigenvalue weighted by Crippen LogP contribution is 2.34. The van der Waals surface area contributed by atoms with Crippen molar-refractivity contribution in [3.05, 3.63) is 40.1 Å². The van der Waals surface area contributed by atoms with Gasteiger partial charge in [-0.1, -0.05) is 18.2 Å². The molecule has 1 fully saturated rings. The number of nitriles is 1. The predicted molar refractivity (Wildman–Crippen MR) is 104 cm³/mol. The molecular formula is C19H24N2O3S2. The van der Waals surface area contributed by atoms with Crippen LogP contribution in [0.2, 0.25) is 0 Å². The molecule has 26 heavy (non-hydrogen) atoms. The van der Waals surface area contributed by atoms with E-state index >= 15 is 0 Å². The Morgan fingerprint density at radius 1 is 1.38 bits per heavy atom. The SMILES string of the molecule is CC(C)S(=O)(=O)N[C@H]1CCOC[C@@H]1C1C=CC(c2ccc(C#N)s2)=CC1. The van der Waals surface area contributed by atoms with Gasteiger partial charge in [-0.15, -0.1) is 11.3 Å². The van der Waals surface area contributed by atoms with Crippen molar-refractivity contribution in [3.63, 3.8) is 0 Å². The second-order valence-electron chi connectivity index (χ2n) is 7.04. The normalized spacial score (nSPS) is 26.5. The lowest BCUT2D eigenvalue weighted by molar-refractivity contribution is 0.0218. The second-order valence-corrected chi connectivity index (χ2v) is 10.4. The van der Waals surface area contributed by atoms with E-state index in [4.69, 9.17) is 10.00 Å². The van der Waals surface area contributed by atoms with Crippen LogP contribution in [-0.4, -0.2) is 32.9 Å². The summed E-state index contributed by atoms with van der Waals surface area (Å²) >= 11 is 1.49. The first-order valence-corrected chi connectivity index (χ1v) is 11.2. The molecule has 3 atom stereocenters. The monoisotopic (exact) mass is 392 g/mol. The molecule has 1 aliphatic carbocycles. The summed E-state index contributed by atoms with van der Waals surface area (Å²) in [5, 5.41) is 8.54. The molecule has 1 aliphatic heterocycles. The van der Waals surface area contributed by atoms with Crippen molar-refractivity contribution in [1.82, 2.24) is 4.72 Å². The fourth-order valence-corrected chi connectivity index (χ4v) is 5.18. The van der Waals surface area contributed by atoms with Crippen LogP contribution in [0.3, 0.4) is 0 Å². The average molecular weight is 393 g/mol. The Balaban J connectivity index is 1.70. The molecule has 0 spiro atoms. The number of hydrogen-bond acceptors (Lipinski definition) is 5. The molecule has 7 heteroatoms. The van der Waals surface area contributed by atoms with Crippen molar-refractivity contribution in [1.29, 1.82) is 5.26 Å². The van der Waals surface area contributed by atoms with Gasteiger partial charge < -0.3 is 4.74 Å². The van der Waals surface area contributed by atoms with Gasteiger partial charge >= 0.3 is 0 Å². The Hall–Kier alpha value is -1.46. The lowest BCUT2D eigenvalue weighted by atomic mass is 9.79. The Morgan fingerprint density at radius 3 is 2.81 bits per heavy atom. The minimum atomic E-state index is -3.30. The van der Waals surface area contributed by atoms with E-state index in [0.29, 0.717) is 24.5 Å². The molecule has 1 unspecified atom stereocenters. The molecule has 1 aromatic heterocycles. The van der Waals surface area contributed by atoms with Gasteiger partial charge in [-0.05, 0) is 50.3 Å². The molecule has 2 aliphatic rings. The van der Waals surface area contributed by atoms with E-state index in [1.165, 1.54) is 11.3 Å². The number of sulfonamides is 1. The topological polar surface area (TPSA) is 79.2 Å². The number of nitrogens with one attached hydrogen (secondary N) is 1. The molecule has 1 saturated heterocycles. The van der Waals surface area contributed by atoms with Crippen molar-refractivity contribution < 1.29 is 13.2 Å². The van der Waals surface area contributed by atoms with Gasteiger partial charge in [-0.2, -0.15) is 5.26 Å². The van der Waals surface area contributed by atoms with E-state index in [0.717, 1.165) is 16.9 Å². The van der Waals surface area contributed by atoms with Crippen molar-refractivity contribution in [2.24, 2.45) is 11.8 Å². The summed E-state index contributed by atoms with van der Waals surface area (Å²) in [6, 6.07) is 5.89. The van der Waals surface area contributed by atoms with E-state index in [-0.39, 0.29) is 17.9 Å². The summed E-state index contributed by atoms with van der Waals surface area (Å²) < 4.78 is 33.1. The van der Waals surface area contributed by atoms with E-state index in [1.54, 1.807) is 13.8 Å². The maximum absolute atomic E-state index is 12.3. The molecule has 0 amide bonds. The van der Waals surface area contributed by atoms with Gasteiger partial charge in [0.2, 0.25) is 10.0 Å². The number of allylic oxidation sites excluding steroid dienone is 4. The van der Waals surface area contributed by atoms with Gasteiger partial charge in [0.1, 0.15) is 10.9 Å². The predicted octanol–water partition coefficient (Wildman–Crippen LogP) is 3.31. The fraction of sp³-hybridized carbons (Fsp3) is 0.526. The first kappa shape index (κ1) is 19.3. The Labute approximate surface area is 159 Å². The molecule has 140 valence electrons. The zero-order valence-corrected chi connectivity index (χ0v) is 16.6. The van der Waals surface area contributed by atoms with Gasteiger partial charge in [0.25, 0.3) is 0 Å². The Bertz CT molecular complexity index is 846. The van der Waals surface area contributed by atoms with Gasteiger partial charge in [0.05, 0.1) is 11.9 Å². The Morgan fingerprint density at radius 2 is 2.19 bits per heavy atom. The van der Waals surface area contributed by atoms with Crippen LogP contribution in [0.15, 0.2) is 30.4 Å². The highest BCUT2D eigenvalue weighted by molar-refractivity contribution is 7.90. The lowest BCUT2D eigenvalue weighted by Gasteiger charge is -2.37. The van der Waals surface area contributed by atoms with Crippen LogP contribution >= 0.6 is 11.3 Å². The Kier molecular flexibility index (Phi) is 5.98. The van der Waals surface area contributed by atoms with Crippen LogP contribution < -0.4 is 4.72 Å². The standard InChI is InChI=1S/C19H24N2O3S2/c1-13(2)26(22,23)21-18-9-10-24-12-17(18)14-3-5-15(6-4-14)19-8-7-16(11-20)25-19/h3,5-8,13-14,17-18,21H,4,9-10,12H2,1-2H3/t14?,17-,18+/m1/s1. The van der Waals surface area contributed by atoms with Crippen LogP contribution in [0, 0.1) is 23.2 Å². The minimum Gasteiger partial charge on any atom is -0.381 e. The zero-order chi connectivity index (χ0) is 18.7. The summed E-state index contributed by atoms with van der Waals surface area (Å²) in [6.45, 7) is 4.55. The number of nitrogens with zero attached hydrogens (tertiary/aromatic N) is 1. The smallest absolute Gasteiger partial charge is 0.214 e. The maximum Gasteiger partial charge on any atom is 0.214 e. The highest BCUT2D eigenvalue weighted by atomic mass is 32.2. The summed E-state index contributed by atoms with van der Waals surface area (Å²) in [7, 11) is -3.30. The van der Waals surface area contributed by atoms with Crippen LogP contribution in [0.4, 0.5) is 0 Å². The van der Waals surface area contributed by atoms with Crippen molar-refractivity contribution in [2.75, 3.05) is 13.2 Å². The van der Waals surface area contributed by atoms with Gasteiger partial charge in [0, 0.05) is 23.4 Å². The quantitative estimate of drug-likeness (QED) is 0.834. The highest BCUT2D eigenvalue weighted by Gasteiger charge is 2.35. The van der Waals surface area contributed by atoms with Crippen molar-refractivity contribution in [2.45, 2.75) is 38.0 Å². The molecule has 1 aromatic rings. The van der Waals surface area contributed by atoms with Crippen LogP contribution in [0.25, 0.3) is 5.57 Å². The van der Waals surface area contributed by atoms with E-state index in [1.807, 2.05) is 12.1 Å². The van der Waals surface area contributed by atoms with Gasteiger partial charge in [0.15, 0.2) is 0 Å².